The molecule has 0 unspecified atom stereocenters. The summed E-state index contributed by atoms with van der Waals surface area (Å²) in [5.74, 6) is -0.371. The van der Waals surface area contributed by atoms with E-state index < -0.39 is 4.92 Å². The Hall–Kier alpha value is -3.22. The number of hydrogen-bond acceptors (Lipinski definition) is 7. The van der Waals surface area contributed by atoms with Crippen LogP contribution in [-0.4, -0.2) is 21.9 Å². The first-order valence-corrected chi connectivity index (χ1v) is 10.7. The van der Waals surface area contributed by atoms with Gasteiger partial charge in [0.25, 0.3) is 11.6 Å². The van der Waals surface area contributed by atoms with Crippen molar-refractivity contribution in [1.82, 2.24) is 4.98 Å². The van der Waals surface area contributed by atoms with Crippen LogP contribution in [0.4, 0.5) is 11.4 Å². The highest BCUT2D eigenvalue weighted by molar-refractivity contribution is 8.01. The fourth-order valence-electron chi connectivity index (χ4n) is 2.87. The van der Waals surface area contributed by atoms with Crippen molar-refractivity contribution in [3.63, 3.8) is 0 Å². The Kier molecular flexibility index (Phi) is 6.50. The molecule has 2 aromatic carbocycles. The summed E-state index contributed by atoms with van der Waals surface area (Å²) in [4.78, 5) is 30.7. The van der Waals surface area contributed by atoms with Crippen molar-refractivity contribution in [2.24, 2.45) is 0 Å². The summed E-state index contributed by atoms with van der Waals surface area (Å²) in [5, 5.41) is 22.7. The summed E-state index contributed by atoms with van der Waals surface area (Å²) in [6, 6.07) is 13.0. The summed E-state index contributed by atoms with van der Waals surface area (Å²) >= 11 is 2.62. The van der Waals surface area contributed by atoms with Crippen LogP contribution in [0.3, 0.4) is 0 Å². The highest BCUT2D eigenvalue weighted by Gasteiger charge is 2.25. The topological polar surface area (TPSA) is 100 Å². The van der Waals surface area contributed by atoms with Gasteiger partial charge >= 0.3 is 0 Å². The third kappa shape index (κ3) is 4.67. The van der Waals surface area contributed by atoms with E-state index in [0.29, 0.717) is 20.5 Å². The second-order valence-corrected chi connectivity index (χ2v) is 8.87. The van der Waals surface area contributed by atoms with E-state index in [2.05, 4.69) is 11.1 Å². The van der Waals surface area contributed by atoms with Crippen LogP contribution in [0.5, 0.6) is 0 Å². The number of carbonyl (C=O) groups is 1. The van der Waals surface area contributed by atoms with Gasteiger partial charge in [-0.25, -0.2) is 4.98 Å². The summed E-state index contributed by atoms with van der Waals surface area (Å²) in [5.41, 5.74) is 1.91. The lowest BCUT2D eigenvalue weighted by Crippen LogP contribution is -2.37. The number of thiazole rings is 1. The number of nitrogens with zero attached hydrogens (tertiary/aromatic N) is 4. The molecule has 152 valence electrons. The second-order valence-electron chi connectivity index (χ2n) is 6.73. The first kappa shape index (κ1) is 21.5. The van der Waals surface area contributed by atoms with E-state index in [9.17, 15) is 14.9 Å². The van der Waals surface area contributed by atoms with Gasteiger partial charge in [0, 0.05) is 34.4 Å². The summed E-state index contributed by atoms with van der Waals surface area (Å²) in [6.07, 6.45) is 0. The SMILES string of the molecule is Cc1csc(Sc2ccc(C(=O)N(c3cccc(C#N)c3)C(C)C)cc2[N+](=O)[O-])n1. The second kappa shape index (κ2) is 9.07. The number of nitro groups is 1. The molecule has 0 aliphatic rings. The molecule has 0 bridgehead atoms. The molecule has 1 heterocycles. The number of carbonyl (C=O) groups excluding carboxylic acids is 1. The van der Waals surface area contributed by atoms with E-state index in [-0.39, 0.29) is 23.2 Å². The predicted molar refractivity (Wildman–Crippen MR) is 117 cm³/mol. The van der Waals surface area contributed by atoms with Crippen molar-refractivity contribution in [2.75, 3.05) is 4.90 Å². The van der Waals surface area contributed by atoms with Crippen molar-refractivity contribution in [1.29, 1.82) is 5.26 Å². The van der Waals surface area contributed by atoms with Gasteiger partial charge in [-0.1, -0.05) is 17.8 Å². The Labute approximate surface area is 182 Å². The maximum Gasteiger partial charge on any atom is 0.284 e. The highest BCUT2D eigenvalue weighted by atomic mass is 32.2. The third-order valence-corrected chi connectivity index (χ3v) is 6.31. The summed E-state index contributed by atoms with van der Waals surface area (Å²) < 4.78 is 0.701. The number of nitro benzene ring substituents is 1. The van der Waals surface area contributed by atoms with Crippen molar-refractivity contribution < 1.29 is 9.72 Å². The van der Waals surface area contributed by atoms with Gasteiger partial charge in [0.1, 0.15) is 0 Å². The van der Waals surface area contributed by atoms with E-state index in [4.69, 9.17) is 5.26 Å². The Morgan fingerprint density at radius 1 is 1.30 bits per heavy atom. The standard InChI is InChI=1S/C21H18N4O3S2/c1-13(2)24(17-6-4-5-15(9-17)11-22)20(26)16-7-8-19(18(10-16)25(27)28)30-21-23-14(3)12-29-21/h4-10,12-13H,1-3H3. The number of nitriles is 1. The summed E-state index contributed by atoms with van der Waals surface area (Å²) in [6.45, 7) is 5.55. The number of amides is 1. The minimum absolute atomic E-state index is 0.145. The molecule has 1 aromatic heterocycles. The van der Waals surface area contributed by atoms with Crippen molar-refractivity contribution in [2.45, 2.75) is 36.0 Å². The molecule has 0 aliphatic carbocycles. The fraction of sp³-hybridized carbons (Fsp3) is 0.190. The maximum absolute atomic E-state index is 13.2. The van der Waals surface area contributed by atoms with Gasteiger partial charge in [-0.05, 0) is 51.1 Å². The smallest absolute Gasteiger partial charge is 0.284 e. The van der Waals surface area contributed by atoms with E-state index in [1.54, 1.807) is 36.4 Å². The molecule has 0 fully saturated rings. The van der Waals surface area contributed by atoms with Crippen molar-refractivity contribution in [3.05, 3.63) is 74.8 Å². The minimum Gasteiger partial charge on any atom is -0.306 e. The van der Waals surface area contributed by atoms with Gasteiger partial charge < -0.3 is 4.90 Å². The molecule has 30 heavy (non-hydrogen) atoms. The molecule has 0 N–H and O–H groups in total. The average molecular weight is 439 g/mol. The number of benzene rings is 2. The zero-order valence-electron chi connectivity index (χ0n) is 16.5. The van der Waals surface area contributed by atoms with Crippen LogP contribution in [-0.2, 0) is 0 Å². The quantitative estimate of drug-likeness (QED) is 0.375. The Balaban J connectivity index is 1.98. The van der Waals surface area contributed by atoms with E-state index in [1.165, 1.54) is 34.1 Å². The lowest BCUT2D eigenvalue weighted by atomic mass is 10.1. The highest BCUT2D eigenvalue weighted by Crippen LogP contribution is 2.37. The zero-order valence-corrected chi connectivity index (χ0v) is 18.2. The Morgan fingerprint density at radius 3 is 2.67 bits per heavy atom. The first-order chi connectivity index (χ1) is 14.3. The van der Waals surface area contributed by atoms with Crippen LogP contribution in [0.15, 0.2) is 57.1 Å². The molecule has 9 heteroatoms. The summed E-state index contributed by atoms with van der Waals surface area (Å²) in [7, 11) is 0. The van der Waals surface area contributed by atoms with Crippen LogP contribution < -0.4 is 4.90 Å². The molecule has 0 aliphatic heterocycles. The minimum atomic E-state index is -0.490. The molecule has 1 amide bonds. The van der Waals surface area contributed by atoms with E-state index in [1.807, 2.05) is 26.2 Å². The largest absolute Gasteiger partial charge is 0.306 e. The predicted octanol–water partition coefficient (Wildman–Crippen LogP) is 5.44. The molecule has 0 saturated heterocycles. The number of aromatic nitrogens is 1. The van der Waals surface area contributed by atoms with E-state index >= 15 is 0 Å². The van der Waals surface area contributed by atoms with Gasteiger partial charge in [0.05, 0.1) is 21.5 Å². The molecule has 0 atom stereocenters. The maximum atomic E-state index is 13.2. The monoisotopic (exact) mass is 438 g/mol. The number of anilines is 1. The number of aryl methyl sites for hydroxylation is 1. The van der Waals surface area contributed by atoms with Crippen LogP contribution in [0.25, 0.3) is 0 Å². The van der Waals surface area contributed by atoms with Crippen LogP contribution in [0.1, 0.15) is 35.5 Å². The van der Waals surface area contributed by atoms with Crippen molar-refractivity contribution >= 4 is 40.4 Å². The van der Waals surface area contributed by atoms with Crippen LogP contribution in [0.2, 0.25) is 0 Å². The Bertz CT molecular complexity index is 1150. The number of hydrogen-bond donors (Lipinski definition) is 0. The van der Waals surface area contributed by atoms with Crippen molar-refractivity contribution in [3.8, 4) is 6.07 Å². The lowest BCUT2D eigenvalue weighted by molar-refractivity contribution is -0.387. The van der Waals surface area contributed by atoms with Gasteiger partial charge in [-0.15, -0.1) is 11.3 Å². The molecular formula is C21H18N4O3S2. The average Bonchev–Trinajstić information content (AvgIpc) is 3.12. The molecule has 3 aromatic rings. The van der Waals surface area contributed by atoms with Gasteiger partial charge in [0.2, 0.25) is 0 Å². The lowest BCUT2D eigenvalue weighted by Gasteiger charge is -2.27. The van der Waals surface area contributed by atoms with E-state index in [0.717, 1.165) is 5.69 Å². The van der Waals surface area contributed by atoms with Gasteiger partial charge in [-0.2, -0.15) is 5.26 Å². The molecule has 7 nitrogen and oxygen atoms in total. The van der Waals surface area contributed by atoms with Crippen LogP contribution >= 0.6 is 23.1 Å². The Morgan fingerprint density at radius 2 is 2.07 bits per heavy atom. The molecule has 0 saturated carbocycles. The zero-order chi connectivity index (χ0) is 21.8. The van der Waals surface area contributed by atoms with Crippen LogP contribution in [0, 0.1) is 28.4 Å². The third-order valence-electron chi connectivity index (χ3n) is 4.19. The molecule has 0 spiro atoms. The molecule has 0 radical (unpaired) electrons. The fourth-order valence-corrected chi connectivity index (χ4v) is 4.75. The van der Waals surface area contributed by atoms with Gasteiger partial charge in [0.15, 0.2) is 4.34 Å². The normalized spacial score (nSPS) is 10.6. The molecule has 3 rings (SSSR count). The molecular weight excluding hydrogens is 420 g/mol. The van der Waals surface area contributed by atoms with Gasteiger partial charge in [-0.3, -0.25) is 14.9 Å². The number of rotatable bonds is 6. The first-order valence-electron chi connectivity index (χ1n) is 9.02.